The van der Waals surface area contributed by atoms with Crippen LogP contribution in [0.4, 0.5) is 0 Å². The summed E-state index contributed by atoms with van der Waals surface area (Å²) in [4.78, 5) is 0. The van der Waals surface area contributed by atoms with Crippen LogP contribution in [0.2, 0.25) is 0 Å². The molecule has 0 saturated heterocycles. The maximum absolute atomic E-state index is 10.1. The van der Waals surface area contributed by atoms with Gasteiger partial charge in [0.1, 0.15) is 11.5 Å². The highest BCUT2D eigenvalue weighted by atomic mass is 16.3. The van der Waals surface area contributed by atoms with E-state index in [0.29, 0.717) is 0 Å². The zero-order chi connectivity index (χ0) is 20.6. The number of aromatic hydroxyl groups is 2. The monoisotopic (exact) mass is 378 g/mol. The summed E-state index contributed by atoms with van der Waals surface area (Å²) in [6.07, 6.45) is 11.9. The van der Waals surface area contributed by atoms with Crippen molar-refractivity contribution in [2.45, 2.75) is 64.2 Å². The molecule has 0 spiro atoms. The molecule has 2 aromatic carbocycles. The minimum atomic E-state index is -0.221. The number of hydrogen-bond donors (Lipinski definition) is 2. The van der Waals surface area contributed by atoms with Crippen LogP contribution in [0.5, 0.6) is 11.5 Å². The van der Waals surface area contributed by atoms with Gasteiger partial charge in [-0.3, -0.25) is 0 Å². The Balaban J connectivity index is 2.37. The van der Waals surface area contributed by atoms with Crippen LogP contribution in [-0.2, 0) is 5.41 Å². The van der Waals surface area contributed by atoms with Crippen LogP contribution in [0, 0.1) is 0 Å². The first kappa shape index (κ1) is 21.8. The molecule has 0 amide bonds. The average Bonchev–Trinajstić information content (AvgIpc) is 2.71. The van der Waals surface area contributed by atoms with E-state index >= 15 is 0 Å². The number of benzene rings is 2. The molecule has 0 atom stereocenters. The summed E-state index contributed by atoms with van der Waals surface area (Å²) in [6.45, 7) is 12.1. The zero-order valence-electron chi connectivity index (χ0n) is 17.4. The van der Waals surface area contributed by atoms with Gasteiger partial charge >= 0.3 is 0 Å². The van der Waals surface area contributed by atoms with Crippen molar-refractivity contribution in [2.75, 3.05) is 0 Å². The second-order valence-electron chi connectivity index (χ2n) is 7.81. The third kappa shape index (κ3) is 5.07. The molecule has 0 bridgehead atoms. The van der Waals surface area contributed by atoms with Crippen LogP contribution < -0.4 is 0 Å². The van der Waals surface area contributed by atoms with Crippen molar-refractivity contribution in [2.24, 2.45) is 0 Å². The van der Waals surface area contributed by atoms with Gasteiger partial charge in [-0.05, 0) is 41.8 Å². The van der Waals surface area contributed by atoms with E-state index < -0.39 is 0 Å². The molecule has 2 N–H and O–H groups in total. The molecule has 0 aromatic heterocycles. The van der Waals surface area contributed by atoms with Gasteiger partial charge < -0.3 is 10.2 Å². The van der Waals surface area contributed by atoms with Crippen LogP contribution in [-0.4, -0.2) is 10.2 Å². The highest BCUT2D eigenvalue weighted by Crippen LogP contribution is 2.40. The van der Waals surface area contributed by atoms with Gasteiger partial charge in [0, 0.05) is 16.5 Å². The van der Waals surface area contributed by atoms with E-state index in [1.807, 2.05) is 24.3 Å². The Kier molecular flexibility index (Phi) is 7.92. The van der Waals surface area contributed by atoms with Crippen molar-refractivity contribution in [3.05, 3.63) is 71.8 Å². The van der Waals surface area contributed by atoms with E-state index in [4.69, 9.17) is 0 Å². The average molecular weight is 379 g/mol. The van der Waals surface area contributed by atoms with E-state index in [0.717, 1.165) is 35.1 Å². The summed E-state index contributed by atoms with van der Waals surface area (Å²) in [5.74, 6) is 0.497. The van der Waals surface area contributed by atoms with Crippen LogP contribution >= 0.6 is 0 Å². The van der Waals surface area contributed by atoms with E-state index in [-0.39, 0.29) is 16.9 Å². The normalized spacial score (nSPS) is 11.4. The molecule has 0 fully saturated rings. The molecule has 2 aromatic rings. The number of rotatable bonds is 11. The van der Waals surface area contributed by atoms with Crippen molar-refractivity contribution in [3.8, 4) is 11.5 Å². The first-order chi connectivity index (χ1) is 13.5. The molecule has 0 aliphatic heterocycles. The predicted molar refractivity (Wildman–Crippen MR) is 121 cm³/mol. The first-order valence-electron chi connectivity index (χ1n) is 10.4. The topological polar surface area (TPSA) is 40.5 Å². The summed E-state index contributed by atoms with van der Waals surface area (Å²) in [7, 11) is 0. The second-order valence-corrected chi connectivity index (χ2v) is 7.81. The van der Waals surface area contributed by atoms with Crippen molar-refractivity contribution in [1.82, 2.24) is 0 Å². The molecule has 2 heteroatoms. The Bertz CT molecular complexity index is 747. The molecular formula is C26H34O2. The van der Waals surface area contributed by atoms with E-state index in [1.165, 1.54) is 32.1 Å². The number of hydrogen-bond acceptors (Lipinski definition) is 2. The lowest BCUT2D eigenvalue weighted by atomic mass is 9.72. The van der Waals surface area contributed by atoms with Crippen molar-refractivity contribution in [3.63, 3.8) is 0 Å². The lowest BCUT2D eigenvalue weighted by molar-refractivity contribution is 0.459. The number of phenols is 2. The summed E-state index contributed by atoms with van der Waals surface area (Å²) >= 11 is 0. The van der Waals surface area contributed by atoms with Gasteiger partial charge in [-0.25, -0.2) is 0 Å². The zero-order valence-corrected chi connectivity index (χ0v) is 17.4. The number of phenolic OH excluding ortho intramolecular Hbond substituents is 2. The molecule has 0 radical (unpaired) electrons. The summed E-state index contributed by atoms with van der Waals surface area (Å²) < 4.78 is 0. The molecular weight excluding hydrogens is 344 g/mol. The van der Waals surface area contributed by atoms with Crippen LogP contribution in [0.25, 0.3) is 12.2 Å². The van der Waals surface area contributed by atoms with E-state index in [9.17, 15) is 10.2 Å². The standard InChI is InChI=1S/C26H34O2/c1-5-8-9-10-11-12-17-26(4,22-13-15-24(27)20(6-2)18-22)23-14-16-25(28)21(7-3)19-23/h6-7,13-16,18-19,27-28H,2-3,5,8-12,17H2,1,4H3. The fourth-order valence-electron chi connectivity index (χ4n) is 3.84. The number of unbranched alkanes of at least 4 members (excludes halogenated alkanes) is 5. The lowest BCUT2D eigenvalue weighted by Crippen LogP contribution is -2.24. The molecule has 0 saturated carbocycles. The van der Waals surface area contributed by atoms with Crippen LogP contribution in [0.3, 0.4) is 0 Å². The molecule has 0 unspecified atom stereocenters. The molecule has 2 rings (SSSR count). The molecule has 150 valence electrons. The second kappa shape index (κ2) is 10.2. The summed E-state index contributed by atoms with van der Waals surface area (Å²) in [6, 6.07) is 11.6. The molecule has 28 heavy (non-hydrogen) atoms. The van der Waals surface area contributed by atoms with Gasteiger partial charge in [-0.1, -0.05) is 89.8 Å². The molecule has 0 aliphatic carbocycles. The van der Waals surface area contributed by atoms with Crippen molar-refractivity contribution in [1.29, 1.82) is 0 Å². The first-order valence-corrected chi connectivity index (χ1v) is 10.4. The fourth-order valence-corrected chi connectivity index (χ4v) is 3.84. The van der Waals surface area contributed by atoms with Gasteiger partial charge in [0.2, 0.25) is 0 Å². The smallest absolute Gasteiger partial charge is 0.122 e. The largest absolute Gasteiger partial charge is 0.507 e. The maximum Gasteiger partial charge on any atom is 0.122 e. The Labute approximate surface area is 170 Å². The maximum atomic E-state index is 10.1. The van der Waals surface area contributed by atoms with Gasteiger partial charge in [-0.2, -0.15) is 0 Å². The van der Waals surface area contributed by atoms with Gasteiger partial charge in [-0.15, -0.1) is 0 Å². The third-order valence-corrected chi connectivity index (χ3v) is 5.80. The minimum Gasteiger partial charge on any atom is -0.507 e. The van der Waals surface area contributed by atoms with Crippen LogP contribution in [0.15, 0.2) is 49.6 Å². The SMILES string of the molecule is C=Cc1cc(C(C)(CCCCCCCC)c2ccc(O)c(C=C)c2)ccc1O. The molecule has 0 aliphatic rings. The van der Waals surface area contributed by atoms with Crippen molar-refractivity contribution < 1.29 is 10.2 Å². The predicted octanol–water partition coefficient (Wildman–Crippen LogP) is 7.44. The third-order valence-electron chi connectivity index (χ3n) is 5.80. The minimum absolute atomic E-state index is 0.221. The van der Waals surface area contributed by atoms with Crippen molar-refractivity contribution >= 4 is 12.2 Å². The fraction of sp³-hybridized carbons (Fsp3) is 0.385. The van der Waals surface area contributed by atoms with Crippen LogP contribution in [0.1, 0.15) is 81.0 Å². The highest BCUT2D eigenvalue weighted by Gasteiger charge is 2.29. The quantitative estimate of drug-likeness (QED) is 0.399. The Morgan fingerprint density at radius 1 is 0.786 bits per heavy atom. The highest BCUT2D eigenvalue weighted by molar-refractivity contribution is 5.60. The summed E-state index contributed by atoms with van der Waals surface area (Å²) in [5, 5.41) is 20.1. The molecule has 2 nitrogen and oxygen atoms in total. The van der Waals surface area contributed by atoms with Gasteiger partial charge in [0.05, 0.1) is 0 Å². The summed E-state index contributed by atoms with van der Waals surface area (Å²) in [5.41, 5.74) is 3.56. The Hall–Kier alpha value is -2.48. The molecule has 0 heterocycles. The van der Waals surface area contributed by atoms with Gasteiger partial charge in [0.25, 0.3) is 0 Å². The Morgan fingerprint density at radius 3 is 1.71 bits per heavy atom. The van der Waals surface area contributed by atoms with Gasteiger partial charge in [0.15, 0.2) is 0 Å². The lowest BCUT2D eigenvalue weighted by Gasteiger charge is -2.32. The van der Waals surface area contributed by atoms with E-state index in [1.54, 1.807) is 24.3 Å². The van der Waals surface area contributed by atoms with E-state index in [2.05, 4.69) is 27.0 Å². The Morgan fingerprint density at radius 2 is 1.25 bits per heavy atom.